The predicted octanol–water partition coefficient (Wildman–Crippen LogP) is 2.63. The second-order valence-corrected chi connectivity index (χ2v) is 5.95. The summed E-state index contributed by atoms with van der Waals surface area (Å²) in [5, 5.41) is 9.16. The van der Waals surface area contributed by atoms with Gasteiger partial charge in [-0.3, -0.25) is 4.72 Å². The highest BCUT2D eigenvalue weighted by atomic mass is 35.5. The van der Waals surface area contributed by atoms with E-state index in [0.717, 1.165) is 0 Å². The lowest BCUT2D eigenvalue weighted by Crippen LogP contribution is -2.13. The van der Waals surface area contributed by atoms with Gasteiger partial charge in [-0.15, -0.1) is 0 Å². The Balaban J connectivity index is 2.39. The minimum Gasteiger partial charge on any atom is -0.392 e. The molecule has 0 bridgehead atoms. The van der Waals surface area contributed by atoms with E-state index in [9.17, 15) is 8.42 Å². The monoisotopic (exact) mass is 297 g/mol. The molecule has 2 aromatic rings. The standard InChI is InChI=1S/C13H12ClNO3S/c14-12-7-6-10(9-16)8-13(12)19(17,18)15-11-4-2-1-3-5-11/h1-8,15-16H,9H2. The van der Waals surface area contributed by atoms with Gasteiger partial charge < -0.3 is 5.11 Å². The van der Waals surface area contributed by atoms with Crippen molar-refractivity contribution >= 4 is 27.3 Å². The van der Waals surface area contributed by atoms with E-state index >= 15 is 0 Å². The molecule has 0 aliphatic carbocycles. The number of para-hydroxylation sites is 1. The summed E-state index contributed by atoms with van der Waals surface area (Å²) in [4.78, 5) is -0.0513. The molecule has 0 saturated heterocycles. The number of anilines is 1. The zero-order chi connectivity index (χ0) is 13.9. The molecule has 0 aliphatic heterocycles. The van der Waals surface area contributed by atoms with Crippen molar-refractivity contribution in [3.05, 3.63) is 59.1 Å². The van der Waals surface area contributed by atoms with Crippen molar-refractivity contribution in [2.45, 2.75) is 11.5 Å². The molecule has 0 aromatic heterocycles. The molecule has 0 saturated carbocycles. The summed E-state index contributed by atoms with van der Waals surface area (Å²) in [5.74, 6) is 0. The van der Waals surface area contributed by atoms with Gasteiger partial charge in [0.15, 0.2) is 0 Å². The van der Waals surface area contributed by atoms with Crippen LogP contribution in [0.2, 0.25) is 5.02 Å². The highest BCUT2D eigenvalue weighted by Crippen LogP contribution is 2.25. The number of halogens is 1. The quantitative estimate of drug-likeness (QED) is 0.911. The second kappa shape index (κ2) is 5.61. The lowest BCUT2D eigenvalue weighted by atomic mass is 10.2. The van der Waals surface area contributed by atoms with Gasteiger partial charge >= 0.3 is 0 Å². The van der Waals surface area contributed by atoms with Gasteiger partial charge in [0.05, 0.1) is 11.6 Å². The van der Waals surface area contributed by atoms with E-state index in [4.69, 9.17) is 16.7 Å². The van der Waals surface area contributed by atoms with E-state index in [1.165, 1.54) is 12.1 Å². The molecule has 0 aliphatic rings. The average molecular weight is 298 g/mol. The maximum Gasteiger partial charge on any atom is 0.263 e. The molecule has 0 radical (unpaired) electrons. The number of nitrogens with one attached hydrogen (secondary N) is 1. The molecule has 0 unspecified atom stereocenters. The zero-order valence-electron chi connectivity index (χ0n) is 9.88. The van der Waals surface area contributed by atoms with Gasteiger partial charge in [0.2, 0.25) is 0 Å². The Morgan fingerprint density at radius 3 is 2.42 bits per heavy atom. The Bertz CT molecular complexity index is 672. The van der Waals surface area contributed by atoms with E-state index in [1.807, 2.05) is 0 Å². The fourth-order valence-electron chi connectivity index (χ4n) is 1.57. The summed E-state index contributed by atoms with van der Waals surface area (Å²) in [6.45, 7) is -0.245. The summed E-state index contributed by atoms with van der Waals surface area (Å²) in [6.07, 6.45) is 0. The van der Waals surface area contributed by atoms with Gasteiger partial charge in [-0.2, -0.15) is 0 Å². The van der Waals surface area contributed by atoms with Crippen LogP contribution in [0.25, 0.3) is 0 Å². The third kappa shape index (κ3) is 3.26. The topological polar surface area (TPSA) is 66.4 Å². The largest absolute Gasteiger partial charge is 0.392 e. The van der Waals surface area contributed by atoms with Crippen LogP contribution >= 0.6 is 11.6 Å². The molecule has 2 rings (SSSR count). The molecule has 4 nitrogen and oxygen atoms in total. The average Bonchev–Trinajstić information content (AvgIpc) is 2.39. The number of aliphatic hydroxyl groups excluding tert-OH is 1. The molecule has 19 heavy (non-hydrogen) atoms. The van der Waals surface area contributed by atoms with Gasteiger partial charge in [-0.05, 0) is 29.8 Å². The minimum absolute atomic E-state index is 0.0513. The van der Waals surface area contributed by atoms with Gasteiger partial charge in [-0.1, -0.05) is 35.9 Å². The highest BCUT2D eigenvalue weighted by molar-refractivity contribution is 7.92. The Hall–Kier alpha value is -1.56. The molecule has 0 spiro atoms. The lowest BCUT2D eigenvalue weighted by molar-refractivity contribution is 0.281. The Kier molecular flexibility index (Phi) is 4.09. The van der Waals surface area contributed by atoms with E-state index in [-0.39, 0.29) is 16.5 Å². The third-order valence-corrected chi connectivity index (χ3v) is 4.36. The third-order valence-electron chi connectivity index (χ3n) is 2.49. The fraction of sp³-hybridized carbons (Fsp3) is 0.0769. The van der Waals surface area contributed by atoms with Crippen molar-refractivity contribution < 1.29 is 13.5 Å². The fourth-order valence-corrected chi connectivity index (χ4v) is 3.18. The van der Waals surface area contributed by atoms with Crippen molar-refractivity contribution in [1.82, 2.24) is 0 Å². The molecule has 2 N–H and O–H groups in total. The molecule has 6 heteroatoms. The van der Waals surface area contributed by atoms with E-state index < -0.39 is 10.0 Å². The van der Waals surface area contributed by atoms with Crippen LogP contribution < -0.4 is 4.72 Å². The maximum atomic E-state index is 12.2. The molecular formula is C13H12ClNO3S. The van der Waals surface area contributed by atoms with Crippen LogP contribution in [-0.4, -0.2) is 13.5 Å². The lowest BCUT2D eigenvalue weighted by Gasteiger charge is -2.10. The first-order chi connectivity index (χ1) is 9.03. The van der Waals surface area contributed by atoms with Crippen molar-refractivity contribution in [1.29, 1.82) is 0 Å². The van der Waals surface area contributed by atoms with Gasteiger partial charge in [-0.25, -0.2) is 8.42 Å². The van der Waals surface area contributed by atoms with Crippen molar-refractivity contribution in [2.24, 2.45) is 0 Å². The van der Waals surface area contributed by atoms with Crippen LogP contribution in [0.1, 0.15) is 5.56 Å². The van der Waals surface area contributed by atoms with Gasteiger partial charge in [0.25, 0.3) is 10.0 Å². The SMILES string of the molecule is O=S(=O)(Nc1ccccc1)c1cc(CO)ccc1Cl. The van der Waals surface area contributed by atoms with E-state index in [1.54, 1.807) is 36.4 Å². The summed E-state index contributed by atoms with van der Waals surface area (Å²) in [7, 11) is -3.77. The number of benzene rings is 2. The van der Waals surface area contributed by atoms with Crippen LogP contribution in [0.3, 0.4) is 0 Å². The number of sulfonamides is 1. The number of hydrogen-bond acceptors (Lipinski definition) is 3. The molecular weight excluding hydrogens is 286 g/mol. The molecule has 0 heterocycles. The van der Waals surface area contributed by atoms with Gasteiger partial charge in [0.1, 0.15) is 4.90 Å². The Morgan fingerprint density at radius 1 is 1.11 bits per heavy atom. The second-order valence-electron chi connectivity index (χ2n) is 3.89. The van der Waals surface area contributed by atoms with Crippen molar-refractivity contribution in [2.75, 3.05) is 4.72 Å². The Labute approximate surface area is 116 Å². The Morgan fingerprint density at radius 2 is 1.79 bits per heavy atom. The van der Waals surface area contributed by atoms with Crippen LogP contribution in [0.15, 0.2) is 53.4 Å². The molecule has 0 amide bonds. The highest BCUT2D eigenvalue weighted by Gasteiger charge is 2.18. The first-order valence-corrected chi connectivity index (χ1v) is 7.36. The molecule has 0 fully saturated rings. The van der Waals surface area contributed by atoms with Crippen LogP contribution in [0, 0.1) is 0 Å². The van der Waals surface area contributed by atoms with Crippen molar-refractivity contribution in [3.63, 3.8) is 0 Å². The summed E-state index contributed by atoms with van der Waals surface area (Å²) >= 11 is 5.90. The normalized spacial score (nSPS) is 11.3. The summed E-state index contributed by atoms with van der Waals surface area (Å²) < 4.78 is 26.9. The van der Waals surface area contributed by atoms with Gasteiger partial charge in [0, 0.05) is 5.69 Å². The summed E-state index contributed by atoms with van der Waals surface area (Å²) in [5.41, 5.74) is 0.936. The predicted molar refractivity (Wildman–Crippen MR) is 74.6 cm³/mol. The minimum atomic E-state index is -3.77. The summed E-state index contributed by atoms with van der Waals surface area (Å²) in [6, 6.07) is 12.9. The first-order valence-electron chi connectivity index (χ1n) is 5.50. The first kappa shape index (κ1) is 13.9. The van der Waals surface area contributed by atoms with E-state index in [2.05, 4.69) is 4.72 Å². The zero-order valence-corrected chi connectivity index (χ0v) is 11.4. The smallest absolute Gasteiger partial charge is 0.263 e. The molecule has 2 aromatic carbocycles. The number of rotatable bonds is 4. The van der Waals surface area contributed by atoms with Crippen LogP contribution in [-0.2, 0) is 16.6 Å². The maximum absolute atomic E-state index is 12.2. The van der Waals surface area contributed by atoms with E-state index in [0.29, 0.717) is 11.3 Å². The van der Waals surface area contributed by atoms with Crippen LogP contribution in [0.4, 0.5) is 5.69 Å². The molecule has 0 atom stereocenters. The van der Waals surface area contributed by atoms with Crippen molar-refractivity contribution in [3.8, 4) is 0 Å². The number of aliphatic hydroxyl groups is 1. The van der Waals surface area contributed by atoms with Crippen LogP contribution in [0.5, 0.6) is 0 Å². The molecule has 100 valence electrons. The number of hydrogen-bond donors (Lipinski definition) is 2.